The van der Waals surface area contributed by atoms with Crippen LogP contribution in [-0.2, 0) is 4.74 Å². The van der Waals surface area contributed by atoms with Crippen LogP contribution in [0, 0.1) is 0 Å². The fourth-order valence-corrected chi connectivity index (χ4v) is 2.52. The van der Waals surface area contributed by atoms with E-state index in [0.29, 0.717) is 23.4 Å². The molecule has 0 rings (SSSR count). The number of hydroxylamine groups is 2. The first-order chi connectivity index (χ1) is 12.1. The number of nitrogens with zero attached hydrogens (tertiary/aromatic N) is 1. The van der Waals surface area contributed by atoms with Crippen LogP contribution in [0.3, 0.4) is 0 Å². The Hall–Kier alpha value is -0.340. The Morgan fingerprint density at radius 3 is 2.08 bits per heavy atom. The molecule has 0 saturated heterocycles. The number of ether oxygens (including phenoxy) is 1. The van der Waals surface area contributed by atoms with Crippen molar-refractivity contribution in [1.29, 1.82) is 0 Å². The smallest absolute Gasteiger partial charge is 0.307 e. The van der Waals surface area contributed by atoms with Crippen LogP contribution in [0.4, 0.5) is 4.79 Å². The number of unbranched alkanes of at least 4 members (excludes halogenated alkanes) is 8. The standard InChI is InChI=1S/C16H33NO5S.C2H6/c1-2-3-4-5-6-7-8-9-10-13-22-15(19)11-12-17(21)16(20)23-14-18;1-2/h15,18-19,21H,2-14H2,1H3;1-2H3. The van der Waals surface area contributed by atoms with Crippen molar-refractivity contribution in [3.05, 3.63) is 0 Å². The average Bonchev–Trinajstić information content (AvgIpc) is 2.63. The second-order valence-electron chi connectivity index (χ2n) is 5.61. The van der Waals surface area contributed by atoms with Gasteiger partial charge >= 0.3 is 5.24 Å². The minimum absolute atomic E-state index is 0.0231. The van der Waals surface area contributed by atoms with Crippen molar-refractivity contribution >= 4 is 17.0 Å². The molecular weight excluding hydrogens is 342 g/mol. The summed E-state index contributed by atoms with van der Waals surface area (Å²) in [6.45, 7) is 6.69. The summed E-state index contributed by atoms with van der Waals surface area (Å²) in [4.78, 5) is 11.2. The minimum atomic E-state index is -0.981. The van der Waals surface area contributed by atoms with Gasteiger partial charge in [-0.1, -0.05) is 72.1 Å². The van der Waals surface area contributed by atoms with Gasteiger partial charge in [0.1, 0.15) is 0 Å². The normalized spacial score (nSPS) is 11.6. The maximum absolute atomic E-state index is 11.2. The summed E-state index contributed by atoms with van der Waals surface area (Å²) in [6.07, 6.45) is 10.2. The van der Waals surface area contributed by atoms with Crippen LogP contribution in [0.1, 0.15) is 85.0 Å². The molecular formula is C18H39NO5S. The molecule has 1 unspecified atom stereocenters. The zero-order valence-corrected chi connectivity index (χ0v) is 17.1. The topological polar surface area (TPSA) is 90.2 Å². The first kappa shape index (κ1) is 26.9. The van der Waals surface area contributed by atoms with E-state index < -0.39 is 11.5 Å². The van der Waals surface area contributed by atoms with Crippen LogP contribution in [-0.4, -0.2) is 51.1 Å². The van der Waals surface area contributed by atoms with Crippen LogP contribution in [0.15, 0.2) is 0 Å². The summed E-state index contributed by atoms with van der Waals surface area (Å²) in [7, 11) is 0. The number of hydrogen-bond donors (Lipinski definition) is 3. The monoisotopic (exact) mass is 381 g/mol. The Morgan fingerprint density at radius 2 is 1.56 bits per heavy atom. The van der Waals surface area contributed by atoms with Gasteiger partial charge in [0.05, 0.1) is 12.5 Å². The number of amides is 1. The molecule has 0 bridgehead atoms. The maximum Gasteiger partial charge on any atom is 0.307 e. The molecule has 0 aromatic rings. The number of thioether (sulfide) groups is 1. The SMILES string of the molecule is CC.CCCCCCCCCCCOC(O)CCN(O)C(=O)SCO. The number of carbonyl (C=O) groups excluding carboxylic acids is 1. The van der Waals surface area contributed by atoms with Crippen LogP contribution in [0.2, 0.25) is 0 Å². The zero-order chi connectivity index (χ0) is 19.3. The fourth-order valence-electron chi connectivity index (χ4n) is 2.17. The Bertz CT molecular complexity index is 282. The largest absolute Gasteiger partial charge is 0.385 e. The Morgan fingerprint density at radius 1 is 1.04 bits per heavy atom. The second kappa shape index (κ2) is 21.7. The fraction of sp³-hybridized carbons (Fsp3) is 0.944. The number of aliphatic hydroxyl groups excluding tert-OH is 2. The van der Waals surface area contributed by atoms with Gasteiger partial charge in [0, 0.05) is 13.0 Å². The van der Waals surface area contributed by atoms with Crippen molar-refractivity contribution < 1.29 is 25.0 Å². The maximum atomic E-state index is 11.2. The highest BCUT2D eigenvalue weighted by Gasteiger charge is 2.13. The molecule has 6 nitrogen and oxygen atoms in total. The lowest BCUT2D eigenvalue weighted by Crippen LogP contribution is -2.28. The van der Waals surface area contributed by atoms with Gasteiger partial charge in [0.15, 0.2) is 6.29 Å². The third-order valence-electron chi connectivity index (χ3n) is 3.54. The van der Waals surface area contributed by atoms with Gasteiger partial charge in [-0.05, 0) is 18.2 Å². The first-order valence-corrected chi connectivity index (χ1v) is 10.6. The van der Waals surface area contributed by atoms with Crippen molar-refractivity contribution in [2.45, 2.75) is 91.3 Å². The molecule has 3 N–H and O–H groups in total. The Labute approximate surface area is 157 Å². The summed E-state index contributed by atoms with van der Waals surface area (Å²) in [5, 5.41) is 27.3. The molecule has 0 saturated carbocycles. The molecule has 7 heteroatoms. The third-order valence-corrected chi connectivity index (χ3v) is 4.13. The van der Waals surface area contributed by atoms with E-state index in [9.17, 15) is 15.1 Å². The molecule has 0 spiro atoms. The van der Waals surface area contributed by atoms with Crippen LogP contribution in [0.25, 0.3) is 0 Å². The summed E-state index contributed by atoms with van der Waals surface area (Å²) in [5.41, 5.74) is 0. The van der Waals surface area contributed by atoms with Crippen LogP contribution in [0.5, 0.6) is 0 Å². The van der Waals surface area contributed by atoms with E-state index in [4.69, 9.17) is 9.84 Å². The summed E-state index contributed by atoms with van der Waals surface area (Å²) in [5.74, 6) is -0.381. The Balaban J connectivity index is 0. The van der Waals surface area contributed by atoms with Gasteiger partial charge in [0.2, 0.25) is 0 Å². The lowest BCUT2D eigenvalue weighted by atomic mass is 10.1. The number of aliphatic hydroxyl groups is 2. The van der Waals surface area contributed by atoms with Gasteiger partial charge < -0.3 is 14.9 Å². The molecule has 0 aromatic heterocycles. The van der Waals surface area contributed by atoms with Crippen molar-refractivity contribution in [3.63, 3.8) is 0 Å². The Kier molecular flexibility index (Phi) is 23.3. The van der Waals surface area contributed by atoms with Gasteiger partial charge in [-0.25, -0.2) is 5.06 Å². The quantitative estimate of drug-likeness (QED) is 0.164. The minimum Gasteiger partial charge on any atom is -0.385 e. The molecule has 0 fully saturated rings. The van der Waals surface area contributed by atoms with Crippen LogP contribution >= 0.6 is 11.8 Å². The van der Waals surface area contributed by atoms with Gasteiger partial charge in [-0.2, -0.15) is 0 Å². The highest BCUT2D eigenvalue weighted by atomic mass is 32.2. The van der Waals surface area contributed by atoms with Crippen molar-refractivity contribution in [2.75, 3.05) is 19.1 Å². The van der Waals surface area contributed by atoms with E-state index in [1.165, 1.54) is 44.9 Å². The number of rotatable bonds is 15. The average molecular weight is 382 g/mol. The second-order valence-corrected chi connectivity index (χ2v) is 6.50. The molecule has 25 heavy (non-hydrogen) atoms. The molecule has 1 amide bonds. The summed E-state index contributed by atoms with van der Waals surface area (Å²) < 4.78 is 5.24. The highest BCUT2D eigenvalue weighted by molar-refractivity contribution is 8.13. The molecule has 0 aliphatic heterocycles. The summed E-state index contributed by atoms with van der Waals surface area (Å²) >= 11 is 0.596. The number of carbonyl (C=O) groups is 1. The molecule has 152 valence electrons. The van der Waals surface area contributed by atoms with E-state index in [0.717, 1.165) is 12.8 Å². The first-order valence-electron chi connectivity index (χ1n) is 9.65. The third kappa shape index (κ3) is 19.8. The van der Waals surface area contributed by atoms with E-state index in [1.54, 1.807) is 0 Å². The molecule has 0 aliphatic rings. The summed E-state index contributed by atoms with van der Waals surface area (Å²) in [6, 6.07) is 0. The van der Waals surface area contributed by atoms with E-state index >= 15 is 0 Å². The van der Waals surface area contributed by atoms with Gasteiger partial charge in [0.25, 0.3) is 0 Å². The molecule has 0 heterocycles. The molecule has 0 aliphatic carbocycles. The van der Waals surface area contributed by atoms with E-state index in [-0.39, 0.29) is 18.9 Å². The molecule has 0 radical (unpaired) electrons. The highest BCUT2D eigenvalue weighted by Crippen LogP contribution is 2.10. The number of hydrogen-bond acceptors (Lipinski definition) is 6. The van der Waals surface area contributed by atoms with Crippen molar-refractivity contribution in [1.82, 2.24) is 5.06 Å². The lowest BCUT2D eigenvalue weighted by Gasteiger charge is -2.16. The van der Waals surface area contributed by atoms with Gasteiger partial charge in [-0.3, -0.25) is 10.0 Å². The van der Waals surface area contributed by atoms with Gasteiger partial charge in [-0.15, -0.1) is 0 Å². The van der Waals surface area contributed by atoms with E-state index in [2.05, 4.69) is 6.92 Å². The van der Waals surface area contributed by atoms with Crippen molar-refractivity contribution in [3.8, 4) is 0 Å². The zero-order valence-electron chi connectivity index (χ0n) is 16.3. The van der Waals surface area contributed by atoms with E-state index in [1.807, 2.05) is 13.8 Å². The predicted octanol–water partition coefficient (Wildman–Crippen LogP) is 4.76. The van der Waals surface area contributed by atoms with Crippen LogP contribution < -0.4 is 0 Å². The molecule has 0 aromatic carbocycles. The lowest BCUT2D eigenvalue weighted by molar-refractivity contribution is -0.121. The predicted molar refractivity (Wildman–Crippen MR) is 104 cm³/mol. The molecule has 1 atom stereocenters. The van der Waals surface area contributed by atoms with Crippen molar-refractivity contribution in [2.24, 2.45) is 0 Å².